The predicted octanol–water partition coefficient (Wildman–Crippen LogP) is 5.29. The molecule has 6 nitrogen and oxygen atoms in total. The Labute approximate surface area is 187 Å². The largest absolute Gasteiger partial charge is 0.360 e. The van der Waals surface area contributed by atoms with E-state index in [2.05, 4.69) is 20.3 Å². The van der Waals surface area contributed by atoms with Gasteiger partial charge in [0.1, 0.15) is 17.7 Å². The number of pyridine rings is 2. The quantitative estimate of drug-likeness (QED) is 0.406. The highest BCUT2D eigenvalue weighted by molar-refractivity contribution is 6.35. The zero-order valence-electron chi connectivity index (χ0n) is 17.0. The Morgan fingerprint density at radius 3 is 2.66 bits per heavy atom. The number of aromatic nitrogens is 4. The Balaban J connectivity index is 1.72. The van der Waals surface area contributed by atoms with E-state index >= 15 is 0 Å². The molecule has 0 aliphatic rings. The molecule has 0 unspecified atom stereocenters. The topological polar surface area (TPSA) is 72.7 Å². The molecule has 0 fully saturated rings. The Morgan fingerprint density at radius 2 is 1.84 bits per heavy atom. The number of hydrogen-bond donors (Lipinski definition) is 1. The second-order valence-corrected chi connectivity index (χ2v) is 7.76. The number of hydrogen-bond acceptors (Lipinski definition) is 5. The van der Waals surface area contributed by atoms with E-state index in [0.29, 0.717) is 33.6 Å². The van der Waals surface area contributed by atoms with Crippen molar-refractivity contribution >= 4 is 39.2 Å². The lowest BCUT2D eigenvalue weighted by atomic mass is 10.1. The van der Waals surface area contributed by atoms with Crippen LogP contribution in [0.5, 0.6) is 0 Å². The summed E-state index contributed by atoms with van der Waals surface area (Å²) in [6.07, 6.45) is 3.13. The molecular weight excluding hydrogens is 429 g/mol. The van der Waals surface area contributed by atoms with E-state index in [-0.39, 0.29) is 22.0 Å². The first-order valence-electron chi connectivity index (χ1n) is 9.95. The molecule has 32 heavy (non-hydrogen) atoms. The molecule has 0 radical (unpaired) electrons. The van der Waals surface area contributed by atoms with Gasteiger partial charge in [0, 0.05) is 17.6 Å². The van der Waals surface area contributed by atoms with E-state index < -0.39 is 5.82 Å². The summed E-state index contributed by atoms with van der Waals surface area (Å²) in [4.78, 5) is 26.5. The number of anilines is 1. The Bertz CT molecular complexity index is 1520. The summed E-state index contributed by atoms with van der Waals surface area (Å²) in [5.74, 6) is 0.0319. The van der Waals surface area contributed by atoms with Crippen LogP contribution in [-0.2, 0) is 0 Å². The lowest BCUT2D eigenvalue weighted by Gasteiger charge is -2.22. The van der Waals surface area contributed by atoms with Crippen LogP contribution in [0.4, 0.5) is 10.2 Å². The number of para-hydroxylation sites is 1. The normalized spacial score (nSPS) is 12.2. The molecule has 1 atom stereocenters. The summed E-state index contributed by atoms with van der Waals surface area (Å²) in [7, 11) is 0. The first-order chi connectivity index (χ1) is 15.5. The monoisotopic (exact) mass is 445 g/mol. The Kier molecular flexibility index (Phi) is 5.03. The first kappa shape index (κ1) is 20.1. The molecule has 3 heterocycles. The van der Waals surface area contributed by atoms with Gasteiger partial charge < -0.3 is 5.32 Å². The third-order valence-corrected chi connectivity index (χ3v) is 5.57. The molecule has 0 amide bonds. The van der Waals surface area contributed by atoms with E-state index in [1.807, 2.05) is 43.3 Å². The van der Waals surface area contributed by atoms with Gasteiger partial charge in [0.05, 0.1) is 22.0 Å². The van der Waals surface area contributed by atoms with Crippen LogP contribution >= 0.6 is 11.6 Å². The van der Waals surface area contributed by atoms with Gasteiger partial charge in [-0.25, -0.2) is 14.4 Å². The molecule has 3 aromatic heterocycles. The standard InChI is InChI=1S/C24H17ClFN5O/c1-14(30-23-22-19(28-13-29-23)8-5-9-27-22)20-11-15-10-16(26)12-18(25)21(15)24(32)31(20)17-6-3-2-4-7-17/h2-14H,1H3,(H,28,29,30)/t14-/m0/s1. The van der Waals surface area contributed by atoms with Crippen LogP contribution in [0.25, 0.3) is 27.5 Å². The molecule has 0 saturated heterocycles. The maximum absolute atomic E-state index is 14.1. The molecule has 158 valence electrons. The van der Waals surface area contributed by atoms with Gasteiger partial charge in [-0.05, 0) is 54.8 Å². The molecule has 0 aliphatic heterocycles. The van der Waals surface area contributed by atoms with Crippen molar-refractivity contribution in [2.75, 3.05) is 5.32 Å². The van der Waals surface area contributed by atoms with Crippen LogP contribution in [0.1, 0.15) is 18.7 Å². The molecule has 0 saturated carbocycles. The zero-order valence-corrected chi connectivity index (χ0v) is 17.7. The minimum Gasteiger partial charge on any atom is -0.360 e. The van der Waals surface area contributed by atoms with Crippen molar-refractivity contribution in [3.63, 3.8) is 0 Å². The average Bonchev–Trinajstić information content (AvgIpc) is 2.79. The Hall–Kier alpha value is -3.84. The average molecular weight is 446 g/mol. The highest BCUT2D eigenvalue weighted by atomic mass is 35.5. The first-order valence-corrected chi connectivity index (χ1v) is 10.3. The van der Waals surface area contributed by atoms with Crippen molar-refractivity contribution in [3.05, 3.63) is 100 Å². The fourth-order valence-electron chi connectivity index (χ4n) is 3.83. The van der Waals surface area contributed by atoms with Gasteiger partial charge in [-0.2, -0.15) is 0 Å². The number of benzene rings is 2. The smallest absolute Gasteiger partial charge is 0.264 e. The molecule has 8 heteroatoms. The van der Waals surface area contributed by atoms with Crippen molar-refractivity contribution in [1.82, 2.24) is 19.5 Å². The highest BCUT2D eigenvalue weighted by Gasteiger charge is 2.19. The summed E-state index contributed by atoms with van der Waals surface area (Å²) in [5, 5.41) is 4.11. The zero-order chi connectivity index (χ0) is 22.2. The predicted molar refractivity (Wildman–Crippen MR) is 124 cm³/mol. The number of rotatable bonds is 4. The van der Waals surface area contributed by atoms with Gasteiger partial charge in [-0.1, -0.05) is 29.8 Å². The van der Waals surface area contributed by atoms with Crippen molar-refractivity contribution in [1.29, 1.82) is 0 Å². The van der Waals surface area contributed by atoms with Gasteiger partial charge in [0.25, 0.3) is 5.56 Å². The summed E-state index contributed by atoms with van der Waals surface area (Å²) in [6, 6.07) is 16.8. The third-order valence-electron chi connectivity index (χ3n) is 5.27. The van der Waals surface area contributed by atoms with Gasteiger partial charge in [-0.3, -0.25) is 14.3 Å². The second kappa shape index (κ2) is 8.01. The van der Waals surface area contributed by atoms with Crippen LogP contribution < -0.4 is 10.9 Å². The van der Waals surface area contributed by atoms with Crippen molar-refractivity contribution in [2.45, 2.75) is 13.0 Å². The second-order valence-electron chi connectivity index (χ2n) is 7.36. The van der Waals surface area contributed by atoms with Crippen LogP contribution in [0.2, 0.25) is 5.02 Å². The molecular formula is C24H17ClFN5O. The summed E-state index contributed by atoms with van der Waals surface area (Å²) < 4.78 is 15.7. The summed E-state index contributed by atoms with van der Waals surface area (Å²) in [5.41, 5.74) is 2.29. The van der Waals surface area contributed by atoms with Crippen LogP contribution in [0.3, 0.4) is 0 Å². The molecule has 0 spiro atoms. The Morgan fingerprint density at radius 1 is 1.03 bits per heavy atom. The SMILES string of the molecule is C[C@H](Nc1ncnc2cccnc12)c1cc2cc(F)cc(Cl)c2c(=O)n1-c1ccccc1. The molecule has 2 aromatic carbocycles. The summed E-state index contributed by atoms with van der Waals surface area (Å²) >= 11 is 6.26. The number of nitrogens with one attached hydrogen (secondary N) is 1. The fourth-order valence-corrected chi connectivity index (χ4v) is 4.12. The lowest BCUT2D eigenvalue weighted by Crippen LogP contribution is -2.26. The maximum Gasteiger partial charge on any atom is 0.264 e. The lowest BCUT2D eigenvalue weighted by molar-refractivity contribution is 0.629. The van der Waals surface area contributed by atoms with Crippen LogP contribution in [0, 0.1) is 5.82 Å². The maximum atomic E-state index is 14.1. The van der Waals surface area contributed by atoms with Crippen LogP contribution in [0.15, 0.2) is 78.0 Å². The van der Waals surface area contributed by atoms with E-state index in [0.717, 1.165) is 6.07 Å². The molecule has 0 bridgehead atoms. The van der Waals surface area contributed by atoms with Crippen molar-refractivity contribution in [3.8, 4) is 5.69 Å². The third kappa shape index (κ3) is 3.46. The van der Waals surface area contributed by atoms with Crippen molar-refractivity contribution < 1.29 is 4.39 Å². The minimum atomic E-state index is -0.503. The summed E-state index contributed by atoms with van der Waals surface area (Å²) in [6.45, 7) is 1.90. The number of nitrogens with zero attached hydrogens (tertiary/aromatic N) is 4. The molecule has 5 aromatic rings. The van der Waals surface area contributed by atoms with E-state index in [9.17, 15) is 9.18 Å². The van der Waals surface area contributed by atoms with E-state index in [4.69, 9.17) is 11.6 Å². The van der Waals surface area contributed by atoms with E-state index in [1.54, 1.807) is 22.9 Å². The van der Waals surface area contributed by atoms with Gasteiger partial charge in [0.2, 0.25) is 0 Å². The molecule has 1 N–H and O–H groups in total. The van der Waals surface area contributed by atoms with Gasteiger partial charge in [0.15, 0.2) is 5.82 Å². The van der Waals surface area contributed by atoms with Crippen molar-refractivity contribution in [2.24, 2.45) is 0 Å². The van der Waals surface area contributed by atoms with Gasteiger partial charge in [-0.15, -0.1) is 0 Å². The molecule has 0 aliphatic carbocycles. The number of fused-ring (bicyclic) bond motifs is 2. The van der Waals surface area contributed by atoms with Crippen LogP contribution in [-0.4, -0.2) is 19.5 Å². The number of halogens is 2. The fraction of sp³-hybridized carbons (Fsp3) is 0.0833. The highest BCUT2D eigenvalue weighted by Crippen LogP contribution is 2.28. The minimum absolute atomic E-state index is 0.0767. The molecule has 5 rings (SSSR count). The van der Waals surface area contributed by atoms with Gasteiger partial charge >= 0.3 is 0 Å². The van der Waals surface area contributed by atoms with E-state index in [1.165, 1.54) is 12.4 Å².